The lowest BCUT2D eigenvalue weighted by Gasteiger charge is -2.15. The highest BCUT2D eigenvalue weighted by molar-refractivity contribution is 7.18. The first-order chi connectivity index (χ1) is 10.1. The van der Waals surface area contributed by atoms with Crippen LogP contribution in [0.2, 0.25) is 0 Å². The molecule has 4 nitrogen and oxygen atoms in total. The van der Waals surface area contributed by atoms with Gasteiger partial charge in [0.25, 0.3) is 5.91 Å². The third-order valence-electron chi connectivity index (χ3n) is 3.05. The van der Waals surface area contributed by atoms with E-state index in [0.29, 0.717) is 6.54 Å². The molecule has 1 aromatic carbocycles. The van der Waals surface area contributed by atoms with Gasteiger partial charge in [-0.15, -0.1) is 11.3 Å². The molecule has 1 amide bonds. The average molecular weight is 301 g/mol. The molecule has 0 saturated heterocycles. The molecule has 2 aromatic heterocycles. The Morgan fingerprint density at radius 2 is 2.10 bits per heavy atom. The van der Waals surface area contributed by atoms with Gasteiger partial charge in [0.1, 0.15) is 5.01 Å². The van der Waals surface area contributed by atoms with Crippen LogP contribution < -0.4 is 0 Å². The monoisotopic (exact) mass is 301 g/mol. The standard InChI is InChI=1S/C15H12FN3OS/c1-19(15(20)10-5-4-8-17-14(10)16)9-13-18-11-6-2-3-7-12(11)21-13/h2-8H,9H2,1H3. The highest BCUT2D eigenvalue weighted by atomic mass is 32.1. The van der Waals surface area contributed by atoms with Crippen LogP contribution in [0.1, 0.15) is 15.4 Å². The molecule has 0 N–H and O–H groups in total. The number of thiazole rings is 1. The van der Waals surface area contributed by atoms with Crippen LogP contribution in [0.4, 0.5) is 4.39 Å². The Labute approximate surface area is 124 Å². The molecular formula is C15H12FN3OS. The van der Waals surface area contributed by atoms with Crippen molar-refractivity contribution in [2.75, 3.05) is 7.05 Å². The van der Waals surface area contributed by atoms with E-state index >= 15 is 0 Å². The Bertz CT molecular complexity index is 769. The highest BCUT2D eigenvalue weighted by Crippen LogP contribution is 2.22. The van der Waals surface area contributed by atoms with Gasteiger partial charge in [0.2, 0.25) is 5.95 Å². The predicted molar refractivity (Wildman–Crippen MR) is 79.6 cm³/mol. The molecule has 106 valence electrons. The van der Waals surface area contributed by atoms with Crippen molar-refractivity contribution in [3.63, 3.8) is 0 Å². The Morgan fingerprint density at radius 1 is 1.29 bits per heavy atom. The molecule has 2 heterocycles. The van der Waals surface area contributed by atoms with E-state index in [-0.39, 0.29) is 5.56 Å². The number of halogens is 1. The second-order valence-corrected chi connectivity index (χ2v) is 5.69. The molecule has 0 fully saturated rings. The molecule has 21 heavy (non-hydrogen) atoms. The van der Waals surface area contributed by atoms with Gasteiger partial charge in [0.05, 0.1) is 22.3 Å². The number of benzene rings is 1. The zero-order chi connectivity index (χ0) is 14.8. The highest BCUT2D eigenvalue weighted by Gasteiger charge is 2.18. The van der Waals surface area contributed by atoms with Crippen LogP contribution in [0.3, 0.4) is 0 Å². The topological polar surface area (TPSA) is 46.1 Å². The van der Waals surface area contributed by atoms with Gasteiger partial charge in [-0.25, -0.2) is 9.97 Å². The lowest BCUT2D eigenvalue weighted by molar-refractivity contribution is 0.0779. The first kappa shape index (κ1) is 13.6. The summed E-state index contributed by atoms with van der Waals surface area (Å²) < 4.78 is 14.6. The summed E-state index contributed by atoms with van der Waals surface area (Å²) in [7, 11) is 1.63. The molecule has 3 rings (SSSR count). The molecular weight excluding hydrogens is 289 g/mol. The lowest BCUT2D eigenvalue weighted by atomic mass is 10.2. The van der Waals surface area contributed by atoms with Gasteiger partial charge in [-0.1, -0.05) is 12.1 Å². The van der Waals surface area contributed by atoms with E-state index in [2.05, 4.69) is 9.97 Å². The number of pyridine rings is 1. The van der Waals surface area contributed by atoms with Gasteiger partial charge in [0, 0.05) is 13.2 Å². The van der Waals surface area contributed by atoms with Crippen molar-refractivity contribution in [3.8, 4) is 0 Å². The minimum atomic E-state index is -0.751. The van der Waals surface area contributed by atoms with Crippen molar-refractivity contribution in [2.24, 2.45) is 0 Å². The van der Waals surface area contributed by atoms with Crippen molar-refractivity contribution in [2.45, 2.75) is 6.54 Å². The number of aromatic nitrogens is 2. The molecule has 6 heteroatoms. The number of fused-ring (bicyclic) bond motifs is 1. The molecule has 3 aromatic rings. The molecule has 0 unspecified atom stereocenters. The maximum absolute atomic E-state index is 13.5. The van der Waals surface area contributed by atoms with Gasteiger partial charge in [-0.05, 0) is 24.3 Å². The van der Waals surface area contributed by atoms with Crippen LogP contribution in [0.5, 0.6) is 0 Å². The fraction of sp³-hybridized carbons (Fsp3) is 0.133. The zero-order valence-corrected chi connectivity index (χ0v) is 12.1. The predicted octanol–water partition coefficient (Wildman–Crippen LogP) is 3.10. The number of carbonyl (C=O) groups excluding carboxylic acids is 1. The summed E-state index contributed by atoms with van der Waals surface area (Å²) in [4.78, 5) is 21.6. The van der Waals surface area contributed by atoms with Crippen LogP contribution in [-0.2, 0) is 6.54 Å². The largest absolute Gasteiger partial charge is 0.335 e. The summed E-state index contributed by atoms with van der Waals surface area (Å²) in [6, 6.07) is 10.8. The van der Waals surface area contributed by atoms with Gasteiger partial charge < -0.3 is 4.90 Å². The number of nitrogens with zero attached hydrogens (tertiary/aromatic N) is 3. The fourth-order valence-electron chi connectivity index (χ4n) is 2.01. The number of hydrogen-bond donors (Lipinski definition) is 0. The van der Waals surface area contributed by atoms with Crippen molar-refractivity contribution in [3.05, 3.63) is 59.1 Å². The van der Waals surface area contributed by atoms with Crippen LogP contribution in [0, 0.1) is 5.95 Å². The van der Waals surface area contributed by atoms with Crippen molar-refractivity contribution in [1.82, 2.24) is 14.9 Å². The minimum absolute atomic E-state index is 0.0267. The second kappa shape index (κ2) is 5.57. The molecule has 0 atom stereocenters. The zero-order valence-electron chi connectivity index (χ0n) is 11.3. The molecule has 0 bridgehead atoms. The van der Waals surface area contributed by atoms with Crippen molar-refractivity contribution < 1.29 is 9.18 Å². The summed E-state index contributed by atoms with van der Waals surface area (Å²) in [5.41, 5.74) is 0.881. The van der Waals surface area contributed by atoms with E-state index in [1.54, 1.807) is 13.1 Å². The van der Waals surface area contributed by atoms with E-state index in [4.69, 9.17) is 0 Å². The quantitative estimate of drug-likeness (QED) is 0.698. The summed E-state index contributed by atoms with van der Waals surface area (Å²) in [5.74, 6) is -1.15. The molecule has 0 aliphatic heterocycles. The van der Waals surface area contributed by atoms with Gasteiger partial charge in [-0.3, -0.25) is 4.79 Å². The third kappa shape index (κ3) is 2.75. The number of amides is 1. The van der Waals surface area contributed by atoms with E-state index in [9.17, 15) is 9.18 Å². The Kier molecular flexibility index (Phi) is 3.62. The van der Waals surface area contributed by atoms with E-state index < -0.39 is 11.9 Å². The second-order valence-electron chi connectivity index (χ2n) is 4.58. The Balaban J connectivity index is 1.81. The fourth-order valence-corrected chi connectivity index (χ4v) is 3.03. The number of rotatable bonds is 3. The molecule has 0 saturated carbocycles. The van der Waals surface area contributed by atoms with Gasteiger partial charge in [-0.2, -0.15) is 4.39 Å². The summed E-state index contributed by atoms with van der Waals surface area (Å²) in [6.45, 7) is 0.340. The number of para-hydroxylation sites is 1. The van der Waals surface area contributed by atoms with Gasteiger partial charge >= 0.3 is 0 Å². The van der Waals surface area contributed by atoms with Crippen LogP contribution in [0.15, 0.2) is 42.6 Å². The maximum Gasteiger partial charge on any atom is 0.258 e. The Morgan fingerprint density at radius 3 is 2.86 bits per heavy atom. The average Bonchev–Trinajstić information content (AvgIpc) is 2.89. The maximum atomic E-state index is 13.5. The SMILES string of the molecule is CN(Cc1nc2ccccc2s1)C(=O)c1cccnc1F. The lowest BCUT2D eigenvalue weighted by Crippen LogP contribution is -2.27. The van der Waals surface area contributed by atoms with Crippen molar-refractivity contribution >= 4 is 27.5 Å². The summed E-state index contributed by atoms with van der Waals surface area (Å²) in [6.07, 6.45) is 1.32. The molecule has 0 radical (unpaired) electrons. The summed E-state index contributed by atoms with van der Waals surface area (Å²) >= 11 is 1.53. The summed E-state index contributed by atoms with van der Waals surface area (Å²) in [5, 5.41) is 0.816. The van der Waals surface area contributed by atoms with Crippen LogP contribution >= 0.6 is 11.3 Å². The Hall–Kier alpha value is -2.34. The molecule has 0 aliphatic carbocycles. The van der Waals surface area contributed by atoms with E-state index in [1.165, 1.54) is 28.5 Å². The molecule has 0 aliphatic rings. The number of carbonyl (C=O) groups is 1. The van der Waals surface area contributed by atoms with Gasteiger partial charge in [0.15, 0.2) is 0 Å². The first-order valence-electron chi connectivity index (χ1n) is 6.35. The minimum Gasteiger partial charge on any atom is -0.335 e. The first-order valence-corrected chi connectivity index (χ1v) is 7.17. The van der Waals surface area contributed by atoms with Crippen LogP contribution in [-0.4, -0.2) is 27.8 Å². The smallest absolute Gasteiger partial charge is 0.258 e. The third-order valence-corrected chi connectivity index (χ3v) is 4.07. The van der Waals surface area contributed by atoms with Crippen molar-refractivity contribution in [1.29, 1.82) is 0 Å². The van der Waals surface area contributed by atoms with E-state index in [0.717, 1.165) is 15.2 Å². The van der Waals surface area contributed by atoms with Crippen LogP contribution in [0.25, 0.3) is 10.2 Å². The number of hydrogen-bond acceptors (Lipinski definition) is 4. The normalized spacial score (nSPS) is 10.8. The molecule has 0 spiro atoms. The van der Waals surface area contributed by atoms with E-state index in [1.807, 2.05) is 24.3 Å².